The van der Waals surface area contributed by atoms with Gasteiger partial charge in [-0.25, -0.2) is 9.50 Å². The van der Waals surface area contributed by atoms with Crippen LogP contribution in [0.3, 0.4) is 0 Å². The van der Waals surface area contributed by atoms with Gasteiger partial charge in [0.05, 0.1) is 11.3 Å². The number of aromatic nitrogens is 5. The van der Waals surface area contributed by atoms with E-state index in [0.717, 1.165) is 29.9 Å². The zero-order chi connectivity index (χ0) is 23.2. The first-order valence-corrected chi connectivity index (χ1v) is 11.1. The fourth-order valence-electron chi connectivity index (χ4n) is 4.85. The third kappa shape index (κ3) is 3.76. The van der Waals surface area contributed by atoms with Gasteiger partial charge in [0.15, 0.2) is 11.4 Å². The molecule has 0 radical (unpaired) electrons. The Balaban J connectivity index is 1.54. The van der Waals surface area contributed by atoms with Gasteiger partial charge >= 0.3 is 0 Å². The zero-order valence-electron chi connectivity index (χ0n) is 19.4. The quantitative estimate of drug-likeness (QED) is 0.616. The van der Waals surface area contributed by atoms with Crippen LogP contribution in [-0.2, 0) is 17.8 Å². The Hall–Kier alpha value is -3.23. The molecule has 0 saturated carbocycles. The van der Waals surface area contributed by atoms with Gasteiger partial charge in [-0.05, 0) is 47.0 Å². The first-order chi connectivity index (χ1) is 15.2. The van der Waals surface area contributed by atoms with Crippen molar-refractivity contribution in [1.82, 2.24) is 29.3 Å². The van der Waals surface area contributed by atoms with Gasteiger partial charge in [0.1, 0.15) is 6.54 Å². The predicted octanol–water partition coefficient (Wildman–Crippen LogP) is 2.32. The number of carbonyl (C=O) groups excluding carboxylic acids is 2. The van der Waals surface area contributed by atoms with Crippen molar-refractivity contribution in [3.05, 3.63) is 50.3 Å². The molecule has 170 valence electrons. The van der Waals surface area contributed by atoms with E-state index in [1.54, 1.807) is 11.6 Å². The van der Waals surface area contributed by atoms with Crippen LogP contribution in [0, 0.1) is 20.8 Å². The number of aryl methyl sites for hydroxylation is 2. The van der Waals surface area contributed by atoms with Gasteiger partial charge in [-0.3, -0.25) is 24.2 Å². The van der Waals surface area contributed by atoms with Gasteiger partial charge in [0.2, 0.25) is 5.91 Å². The second kappa shape index (κ2) is 8.37. The number of Topliss-reactive ketones (excluding diaryl/α,β-unsaturated/α-hetero) is 1. The van der Waals surface area contributed by atoms with Crippen LogP contribution < -0.4 is 5.56 Å². The molecule has 32 heavy (non-hydrogen) atoms. The molecule has 1 amide bonds. The molecule has 0 unspecified atom stereocenters. The highest BCUT2D eigenvalue weighted by Crippen LogP contribution is 2.27. The minimum Gasteiger partial charge on any atom is -0.340 e. The molecule has 1 atom stereocenters. The number of hydrogen-bond donors (Lipinski definition) is 1. The second-order valence-electron chi connectivity index (χ2n) is 8.68. The molecule has 9 nitrogen and oxygen atoms in total. The molecular weight excluding hydrogens is 408 g/mol. The number of aromatic amines is 1. The van der Waals surface area contributed by atoms with Crippen molar-refractivity contribution in [3.63, 3.8) is 0 Å². The van der Waals surface area contributed by atoms with Gasteiger partial charge in [-0.1, -0.05) is 6.92 Å². The van der Waals surface area contributed by atoms with E-state index in [1.807, 2.05) is 31.7 Å². The van der Waals surface area contributed by atoms with Gasteiger partial charge in [0, 0.05) is 47.7 Å². The predicted molar refractivity (Wildman–Crippen MR) is 120 cm³/mol. The molecule has 1 N–H and O–H groups in total. The van der Waals surface area contributed by atoms with Gasteiger partial charge in [-0.2, -0.15) is 5.10 Å². The Morgan fingerprint density at radius 1 is 1.22 bits per heavy atom. The maximum absolute atomic E-state index is 13.0. The molecule has 1 aliphatic rings. The molecule has 0 spiro atoms. The maximum Gasteiger partial charge on any atom is 0.276 e. The lowest BCUT2D eigenvalue weighted by atomic mass is 9.95. The fraction of sp³-hybridized carbons (Fsp3) is 0.522. The van der Waals surface area contributed by atoms with Crippen LogP contribution in [0.4, 0.5) is 0 Å². The summed E-state index contributed by atoms with van der Waals surface area (Å²) < 4.78 is 3.14. The summed E-state index contributed by atoms with van der Waals surface area (Å²) >= 11 is 0. The van der Waals surface area contributed by atoms with Crippen LogP contribution >= 0.6 is 0 Å². The molecule has 0 aliphatic carbocycles. The molecule has 1 aliphatic heterocycles. The molecule has 3 aromatic heterocycles. The number of piperidine rings is 1. The summed E-state index contributed by atoms with van der Waals surface area (Å²) in [4.78, 5) is 44.1. The first kappa shape index (κ1) is 22.0. The standard InChI is InChI=1S/C23H30N6O3/c1-6-18-13(2)24-20-10-19(26-29(20)23(18)32)17-8-7-9-27(11-17)21(31)12-28-15(4)22(16(5)30)14(3)25-28/h10,17,26H,6-9,11-12H2,1-5H3/t17-/m0/s1. The third-order valence-corrected chi connectivity index (χ3v) is 6.52. The lowest BCUT2D eigenvalue weighted by molar-refractivity contribution is -0.133. The molecule has 1 saturated heterocycles. The molecular formula is C23H30N6O3. The zero-order valence-corrected chi connectivity index (χ0v) is 19.4. The minimum atomic E-state index is -0.0594. The number of rotatable bonds is 5. The number of likely N-dealkylation sites (tertiary alicyclic amines) is 1. The molecule has 1 fully saturated rings. The fourth-order valence-corrected chi connectivity index (χ4v) is 4.85. The largest absolute Gasteiger partial charge is 0.340 e. The summed E-state index contributed by atoms with van der Waals surface area (Å²) in [5.41, 5.74) is 4.91. The van der Waals surface area contributed by atoms with E-state index in [4.69, 9.17) is 0 Å². The van der Waals surface area contributed by atoms with Crippen molar-refractivity contribution in [2.24, 2.45) is 0 Å². The van der Waals surface area contributed by atoms with Crippen LogP contribution in [0.15, 0.2) is 10.9 Å². The first-order valence-electron chi connectivity index (χ1n) is 11.1. The highest BCUT2D eigenvalue weighted by molar-refractivity contribution is 5.96. The van der Waals surface area contributed by atoms with E-state index in [2.05, 4.69) is 15.2 Å². The Morgan fingerprint density at radius 3 is 2.62 bits per heavy atom. The lowest BCUT2D eigenvalue weighted by Gasteiger charge is -2.32. The van der Waals surface area contributed by atoms with Crippen molar-refractivity contribution >= 4 is 17.3 Å². The monoisotopic (exact) mass is 438 g/mol. The number of fused-ring (bicyclic) bond motifs is 1. The van der Waals surface area contributed by atoms with E-state index in [0.29, 0.717) is 42.0 Å². The van der Waals surface area contributed by atoms with E-state index < -0.39 is 0 Å². The van der Waals surface area contributed by atoms with E-state index >= 15 is 0 Å². The molecule has 9 heteroatoms. The molecule has 4 heterocycles. The van der Waals surface area contributed by atoms with E-state index in [9.17, 15) is 14.4 Å². The number of hydrogen-bond acceptors (Lipinski definition) is 5. The summed E-state index contributed by atoms with van der Waals surface area (Å²) in [5, 5.41) is 7.63. The summed E-state index contributed by atoms with van der Waals surface area (Å²) in [6, 6.07) is 1.92. The van der Waals surface area contributed by atoms with Crippen molar-refractivity contribution in [1.29, 1.82) is 0 Å². The van der Waals surface area contributed by atoms with Crippen LogP contribution in [0.25, 0.3) is 5.65 Å². The number of nitrogens with zero attached hydrogens (tertiary/aromatic N) is 5. The Bertz CT molecular complexity index is 1260. The van der Waals surface area contributed by atoms with E-state index in [1.165, 1.54) is 11.4 Å². The highest BCUT2D eigenvalue weighted by Gasteiger charge is 2.27. The maximum atomic E-state index is 13.0. The van der Waals surface area contributed by atoms with Gasteiger partial charge in [-0.15, -0.1) is 0 Å². The van der Waals surface area contributed by atoms with Crippen molar-refractivity contribution in [3.8, 4) is 0 Å². The highest BCUT2D eigenvalue weighted by atomic mass is 16.2. The summed E-state index contributed by atoms with van der Waals surface area (Å²) in [6.07, 6.45) is 2.45. The summed E-state index contributed by atoms with van der Waals surface area (Å²) in [5.74, 6) is 0.0409. The lowest BCUT2D eigenvalue weighted by Crippen LogP contribution is -2.41. The summed E-state index contributed by atoms with van der Waals surface area (Å²) in [7, 11) is 0. The van der Waals surface area contributed by atoms with Gasteiger partial charge < -0.3 is 4.90 Å². The van der Waals surface area contributed by atoms with Crippen LogP contribution in [-0.4, -0.2) is 54.1 Å². The van der Waals surface area contributed by atoms with E-state index in [-0.39, 0.29) is 29.7 Å². The average molecular weight is 439 g/mol. The number of carbonyl (C=O) groups is 2. The molecule has 3 aromatic rings. The Morgan fingerprint density at radius 2 is 1.97 bits per heavy atom. The summed E-state index contributed by atoms with van der Waals surface area (Å²) in [6.45, 7) is 10.3. The van der Waals surface area contributed by atoms with Crippen molar-refractivity contribution in [2.45, 2.75) is 66.3 Å². The smallest absolute Gasteiger partial charge is 0.276 e. The van der Waals surface area contributed by atoms with Gasteiger partial charge in [0.25, 0.3) is 5.56 Å². The number of H-pyrrole nitrogens is 1. The number of amides is 1. The van der Waals surface area contributed by atoms with Crippen LogP contribution in [0.2, 0.25) is 0 Å². The van der Waals surface area contributed by atoms with Crippen LogP contribution in [0.1, 0.15) is 71.3 Å². The third-order valence-electron chi connectivity index (χ3n) is 6.52. The average Bonchev–Trinajstić information content (AvgIpc) is 3.29. The number of ketones is 1. The molecule has 0 aromatic carbocycles. The topological polar surface area (TPSA) is 105 Å². The Labute approximate surface area is 186 Å². The Kier molecular flexibility index (Phi) is 5.75. The molecule has 0 bridgehead atoms. The van der Waals surface area contributed by atoms with Crippen molar-refractivity contribution < 1.29 is 9.59 Å². The van der Waals surface area contributed by atoms with Crippen molar-refractivity contribution in [2.75, 3.05) is 13.1 Å². The van der Waals surface area contributed by atoms with Crippen LogP contribution in [0.5, 0.6) is 0 Å². The normalized spacial score (nSPS) is 16.7. The minimum absolute atomic E-state index is 0.0223. The molecule has 4 rings (SSSR count). The second-order valence-corrected chi connectivity index (χ2v) is 8.68. The SMILES string of the molecule is CCc1c(C)nc2cc([C@H]3CCCN(C(=O)Cn4nc(C)c(C(C)=O)c4C)C3)[nH]n2c1=O. The number of nitrogens with one attached hydrogen (secondary N) is 1.